The molecule has 4 aliphatic carbocycles. The number of hydrogen-bond donors (Lipinski definition) is 2. The normalized spacial score (nSPS) is 30.8. The molecule has 0 aliphatic heterocycles. The van der Waals surface area contributed by atoms with E-state index in [1.165, 1.54) is 19.3 Å². The Kier molecular flexibility index (Phi) is 5.11. The Hall–Kier alpha value is -2.04. The minimum absolute atomic E-state index is 0.0166. The number of carbonyl (C=O) groups excluding carboxylic acids is 2. The van der Waals surface area contributed by atoms with Crippen molar-refractivity contribution in [3.63, 3.8) is 0 Å². The Morgan fingerprint density at radius 2 is 1.70 bits per heavy atom. The van der Waals surface area contributed by atoms with Crippen LogP contribution in [0.4, 0.5) is 5.69 Å². The zero-order valence-electron chi connectivity index (χ0n) is 16.1. The SMILES string of the molecule is CCCOc1ccccc1NC(=O)CNC(=O)C12CC3CC(CC(C3)C1)C2. The molecule has 1 aromatic rings. The third-order valence-electron chi connectivity index (χ3n) is 6.55. The Morgan fingerprint density at radius 1 is 1.07 bits per heavy atom. The number of benzene rings is 1. The predicted octanol–water partition coefficient (Wildman–Crippen LogP) is 3.75. The van der Waals surface area contributed by atoms with Gasteiger partial charge in [0.1, 0.15) is 5.75 Å². The smallest absolute Gasteiger partial charge is 0.243 e. The van der Waals surface area contributed by atoms with Gasteiger partial charge in [0, 0.05) is 5.41 Å². The number of carbonyl (C=O) groups is 2. The van der Waals surface area contributed by atoms with E-state index in [-0.39, 0.29) is 23.8 Å². The third kappa shape index (κ3) is 3.83. The van der Waals surface area contributed by atoms with Crippen LogP contribution in [0.3, 0.4) is 0 Å². The molecule has 4 fully saturated rings. The molecule has 0 radical (unpaired) electrons. The van der Waals surface area contributed by atoms with Crippen molar-refractivity contribution < 1.29 is 14.3 Å². The molecule has 0 saturated heterocycles. The largest absolute Gasteiger partial charge is 0.491 e. The zero-order valence-corrected chi connectivity index (χ0v) is 16.1. The van der Waals surface area contributed by atoms with Gasteiger partial charge in [-0.25, -0.2) is 0 Å². The fourth-order valence-electron chi connectivity index (χ4n) is 5.84. The minimum atomic E-state index is -0.211. The van der Waals surface area contributed by atoms with E-state index in [0.29, 0.717) is 18.0 Å². The van der Waals surface area contributed by atoms with Gasteiger partial charge in [0.25, 0.3) is 0 Å². The van der Waals surface area contributed by atoms with Crippen LogP contribution in [-0.2, 0) is 9.59 Å². The van der Waals surface area contributed by atoms with Gasteiger partial charge in [-0.3, -0.25) is 9.59 Å². The minimum Gasteiger partial charge on any atom is -0.491 e. The van der Waals surface area contributed by atoms with E-state index < -0.39 is 0 Å². The molecule has 4 bridgehead atoms. The van der Waals surface area contributed by atoms with Crippen molar-refractivity contribution in [2.24, 2.45) is 23.2 Å². The van der Waals surface area contributed by atoms with Crippen LogP contribution in [0.1, 0.15) is 51.9 Å². The molecular formula is C22H30N2O3. The maximum absolute atomic E-state index is 12.9. The summed E-state index contributed by atoms with van der Waals surface area (Å²) in [6, 6.07) is 7.42. The topological polar surface area (TPSA) is 67.4 Å². The quantitative estimate of drug-likeness (QED) is 0.768. The van der Waals surface area contributed by atoms with Gasteiger partial charge in [0.05, 0.1) is 18.8 Å². The number of hydrogen-bond acceptors (Lipinski definition) is 3. The van der Waals surface area contributed by atoms with Crippen molar-refractivity contribution in [1.29, 1.82) is 0 Å². The molecule has 4 saturated carbocycles. The molecule has 2 amide bonds. The molecule has 5 heteroatoms. The van der Waals surface area contributed by atoms with E-state index in [4.69, 9.17) is 4.74 Å². The van der Waals surface area contributed by atoms with Crippen molar-refractivity contribution in [2.45, 2.75) is 51.9 Å². The molecule has 0 atom stereocenters. The van der Waals surface area contributed by atoms with Crippen LogP contribution in [0.25, 0.3) is 0 Å². The molecule has 2 N–H and O–H groups in total. The van der Waals surface area contributed by atoms with Crippen LogP contribution >= 0.6 is 0 Å². The monoisotopic (exact) mass is 370 g/mol. The summed E-state index contributed by atoms with van der Waals surface area (Å²) in [4.78, 5) is 25.3. The van der Waals surface area contributed by atoms with Gasteiger partial charge in [0.15, 0.2) is 0 Å². The average Bonchev–Trinajstić information content (AvgIpc) is 2.64. The number of para-hydroxylation sites is 2. The maximum atomic E-state index is 12.9. The Labute approximate surface area is 161 Å². The second kappa shape index (κ2) is 7.53. The summed E-state index contributed by atoms with van der Waals surface area (Å²) in [6.07, 6.45) is 7.87. The highest BCUT2D eigenvalue weighted by Crippen LogP contribution is 2.60. The molecule has 27 heavy (non-hydrogen) atoms. The number of nitrogens with one attached hydrogen (secondary N) is 2. The van der Waals surface area contributed by atoms with E-state index in [9.17, 15) is 9.59 Å². The van der Waals surface area contributed by atoms with Gasteiger partial charge in [-0.1, -0.05) is 19.1 Å². The van der Waals surface area contributed by atoms with Gasteiger partial charge in [0.2, 0.25) is 11.8 Å². The van der Waals surface area contributed by atoms with Crippen LogP contribution in [0.2, 0.25) is 0 Å². The first-order valence-corrected chi connectivity index (χ1v) is 10.4. The lowest BCUT2D eigenvalue weighted by Gasteiger charge is -2.55. The molecule has 1 aromatic carbocycles. The van der Waals surface area contributed by atoms with E-state index >= 15 is 0 Å². The molecule has 5 nitrogen and oxygen atoms in total. The summed E-state index contributed by atoms with van der Waals surface area (Å²) < 4.78 is 5.68. The number of rotatable bonds is 7. The highest BCUT2D eigenvalue weighted by Gasteiger charge is 2.54. The standard InChI is InChI=1S/C22H30N2O3/c1-2-7-27-19-6-4-3-5-18(19)24-20(25)14-23-21(26)22-11-15-8-16(12-22)10-17(9-15)13-22/h3-6,15-17H,2,7-14H2,1H3,(H,23,26)(H,24,25). The molecule has 146 valence electrons. The summed E-state index contributed by atoms with van der Waals surface area (Å²) in [5.74, 6) is 2.71. The van der Waals surface area contributed by atoms with Gasteiger partial charge in [-0.2, -0.15) is 0 Å². The summed E-state index contributed by atoms with van der Waals surface area (Å²) >= 11 is 0. The van der Waals surface area contributed by atoms with E-state index in [1.54, 1.807) is 0 Å². The highest BCUT2D eigenvalue weighted by molar-refractivity contribution is 5.96. The van der Waals surface area contributed by atoms with Crippen LogP contribution in [0.15, 0.2) is 24.3 Å². The summed E-state index contributed by atoms with van der Waals surface area (Å²) in [7, 11) is 0. The van der Waals surface area contributed by atoms with Crippen molar-refractivity contribution in [3.05, 3.63) is 24.3 Å². The third-order valence-corrected chi connectivity index (χ3v) is 6.55. The fourth-order valence-corrected chi connectivity index (χ4v) is 5.84. The zero-order chi connectivity index (χ0) is 18.9. The molecule has 0 heterocycles. The van der Waals surface area contributed by atoms with Gasteiger partial charge < -0.3 is 15.4 Å². The number of amides is 2. The summed E-state index contributed by atoms with van der Waals surface area (Å²) in [6.45, 7) is 2.67. The van der Waals surface area contributed by atoms with Crippen LogP contribution in [0, 0.1) is 23.2 Å². The highest BCUT2D eigenvalue weighted by atomic mass is 16.5. The first-order valence-electron chi connectivity index (χ1n) is 10.4. The van der Waals surface area contributed by atoms with Gasteiger partial charge in [-0.15, -0.1) is 0 Å². The van der Waals surface area contributed by atoms with Crippen LogP contribution < -0.4 is 15.4 Å². The number of ether oxygens (including phenoxy) is 1. The first-order chi connectivity index (χ1) is 13.1. The molecule has 5 rings (SSSR count). The Bertz CT molecular complexity index is 680. The second-order valence-electron chi connectivity index (χ2n) is 8.77. The van der Waals surface area contributed by atoms with Crippen molar-refractivity contribution in [1.82, 2.24) is 5.32 Å². The Balaban J connectivity index is 1.33. The van der Waals surface area contributed by atoms with Crippen LogP contribution in [0.5, 0.6) is 5.75 Å². The molecule has 4 aliphatic rings. The lowest BCUT2D eigenvalue weighted by atomic mass is 9.49. The maximum Gasteiger partial charge on any atom is 0.243 e. The molecule has 0 unspecified atom stereocenters. The van der Waals surface area contributed by atoms with Gasteiger partial charge >= 0.3 is 0 Å². The molecule has 0 aromatic heterocycles. The molecule has 0 spiro atoms. The van der Waals surface area contributed by atoms with Crippen molar-refractivity contribution in [2.75, 3.05) is 18.5 Å². The second-order valence-corrected chi connectivity index (χ2v) is 8.77. The molecular weight excluding hydrogens is 340 g/mol. The first kappa shape index (κ1) is 18.3. The van der Waals surface area contributed by atoms with E-state index in [0.717, 1.165) is 43.4 Å². The van der Waals surface area contributed by atoms with E-state index in [1.807, 2.05) is 31.2 Å². The van der Waals surface area contributed by atoms with Crippen LogP contribution in [-0.4, -0.2) is 25.0 Å². The summed E-state index contributed by atoms with van der Waals surface area (Å²) in [5.41, 5.74) is 0.442. The number of anilines is 1. The fraction of sp³-hybridized carbons (Fsp3) is 0.636. The van der Waals surface area contributed by atoms with Crippen molar-refractivity contribution in [3.8, 4) is 5.75 Å². The predicted molar refractivity (Wildman–Crippen MR) is 104 cm³/mol. The lowest BCUT2D eigenvalue weighted by Crippen LogP contribution is -2.54. The summed E-state index contributed by atoms with van der Waals surface area (Å²) in [5, 5.41) is 5.80. The van der Waals surface area contributed by atoms with E-state index in [2.05, 4.69) is 10.6 Å². The lowest BCUT2D eigenvalue weighted by molar-refractivity contribution is -0.146. The van der Waals surface area contributed by atoms with Gasteiger partial charge in [-0.05, 0) is 74.8 Å². The Morgan fingerprint density at radius 3 is 2.33 bits per heavy atom. The van der Waals surface area contributed by atoms with Crippen molar-refractivity contribution >= 4 is 17.5 Å². The average molecular weight is 370 g/mol.